The molecule has 0 saturated carbocycles. The number of pyridine rings is 1. The van der Waals surface area contributed by atoms with Crippen molar-refractivity contribution in [1.29, 1.82) is 0 Å². The molecule has 0 bridgehead atoms. The smallest absolute Gasteiger partial charge is 0.417 e. The predicted molar refractivity (Wildman–Crippen MR) is 84.9 cm³/mol. The quantitative estimate of drug-likeness (QED) is 0.737. The van der Waals surface area contributed by atoms with Crippen LogP contribution in [0.1, 0.15) is 12.5 Å². The van der Waals surface area contributed by atoms with Crippen LogP contribution >= 0.6 is 15.9 Å². The molecule has 10 heteroatoms. The van der Waals surface area contributed by atoms with Crippen molar-refractivity contribution in [1.82, 2.24) is 4.98 Å². The minimum atomic E-state index is -4.68. The lowest BCUT2D eigenvalue weighted by molar-refractivity contribution is -0.137. The van der Waals surface area contributed by atoms with E-state index in [0.717, 1.165) is 12.1 Å². The van der Waals surface area contributed by atoms with E-state index in [0.29, 0.717) is 12.3 Å². The SMILES string of the molecule is CC(Oc1ccc(F)cc1Br)C(=O)Nc1cc(C(F)(F)F)c[nH]c1=O. The summed E-state index contributed by atoms with van der Waals surface area (Å²) in [5.41, 5.74) is -2.57. The molecular weight excluding hydrogens is 412 g/mol. The van der Waals surface area contributed by atoms with Gasteiger partial charge in [0.2, 0.25) is 0 Å². The zero-order valence-corrected chi connectivity index (χ0v) is 14.2. The molecule has 1 aromatic heterocycles. The van der Waals surface area contributed by atoms with Crippen molar-refractivity contribution in [2.45, 2.75) is 19.2 Å². The summed E-state index contributed by atoms with van der Waals surface area (Å²) in [6.07, 6.45) is -5.33. The zero-order chi connectivity index (χ0) is 18.8. The molecule has 2 N–H and O–H groups in total. The van der Waals surface area contributed by atoms with Crippen LogP contribution in [0.2, 0.25) is 0 Å². The molecule has 1 atom stereocenters. The third-order valence-electron chi connectivity index (χ3n) is 3.06. The summed E-state index contributed by atoms with van der Waals surface area (Å²) in [6.45, 7) is 1.33. The second-order valence-electron chi connectivity index (χ2n) is 4.95. The number of nitrogens with one attached hydrogen (secondary N) is 2. The molecule has 25 heavy (non-hydrogen) atoms. The van der Waals surface area contributed by atoms with Crippen LogP contribution in [0, 0.1) is 5.82 Å². The van der Waals surface area contributed by atoms with Crippen LogP contribution in [-0.4, -0.2) is 17.0 Å². The Morgan fingerprint density at radius 1 is 1.32 bits per heavy atom. The molecule has 1 amide bonds. The summed E-state index contributed by atoms with van der Waals surface area (Å²) >= 11 is 3.06. The van der Waals surface area contributed by atoms with E-state index in [-0.39, 0.29) is 10.2 Å². The highest BCUT2D eigenvalue weighted by Crippen LogP contribution is 2.29. The molecule has 1 heterocycles. The minimum absolute atomic E-state index is 0.155. The number of hydrogen-bond donors (Lipinski definition) is 2. The van der Waals surface area contributed by atoms with Crippen molar-refractivity contribution in [3.05, 3.63) is 56.7 Å². The molecule has 0 aliphatic carbocycles. The van der Waals surface area contributed by atoms with Gasteiger partial charge in [-0.3, -0.25) is 9.59 Å². The summed E-state index contributed by atoms with van der Waals surface area (Å²) in [4.78, 5) is 25.5. The fraction of sp³-hybridized carbons (Fsp3) is 0.200. The van der Waals surface area contributed by atoms with Gasteiger partial charge < -0.3 is 15.0 Å². The number of amides is 1. The van der Waals surface area contributed by atoms with Gasteiger partial charge in [-0.15, -0.1) is 0 Å². The number of rotatable bonds is 4. The maximum Gasteiger partial charge on any atom is 0.417 e. The zero-order valence-electron chi connectivity index (χ0n) is 12.6. The molecule has 0 saturated heterocycles. The summed E-state index contributed by atoms with van der Waals surface area (Å²) in [5, 5.41) is 2.08. The monoisotopic (exact) mass is 422 g/mol. The first-order chi connectivity index (χ1) is 11.6. The van der Waals surface area contributed by atoms with Crippen LogP contribution in [0.4, 0.5) is 23.2 Å². The van der Waals surface area contributed by atoms with Gasteiger partial charge in [0.1, 0.15) is 17.3 Å². The van der Waals surface area contributed by atoms with Gasteiger partial charge >= 0.3 is 6.18 Å². The first-order valence-corrected chi connectivity index (χ1v) is 7.59. The highest BCUT2D eigenvalue weighted by molar-refractivity contribution is 9.10. The largest absolute Gasteiger partial charge is 0.480 e. The summed E-state index contributed by atoms with van der Waals surface area (Å²) in [6, 6.07) is 4.04. The number of carbonyl (C=O) groups excluding carboxylic acids is 1. The summed E-state index contributed by atoms with van der Waals surface area (Å²) in [7, 11) is 0. The Morgan fingerprint density at radius 3 is 2.60 bits per heavy atom. The van der Waals surface area contributed by atoms with Gasteiger partial charge in [0.25, 0.3) is 11.5 Å². The van der Waals surface area contributed by atoms with Gasteiger partial charge in [-0.2, -0.15) is 13.2 Å². The maximum absolute atomic E-state index is 13.0. The maximum atomic E-state index is 13.0. The lowest BCUT2D eigenvalue weighted by Gasteiger charge is -2.16. The van der Waals surface area contributed by atoms with Gasteiger partial charge in [0, 0.05) is 6.20 Å². The average molecular weight is 423 g/mol. The number of anilines is 1. The number of alkyl halides is 3. The van der Waals surface area contributed by atoms with Crippen molar-refractivity contribution in [2.75, 3.05) is 5.32 Å². The number of H-pyrrole nitrogens is 1. The third-order valence-corrected chi connectivity index (χ3v) is 3.68. The standard InChI is InChI=1S/C15H11BrF4N2O3/c1-7(25-12-3-2-9(17)5-10(12)16)13(23)22-11-4-8(15(18,19)20)6-21-14(11)24/h2-7H,1H3,(H,21,24)(H,22,23). The second-order valence-corrected chi connectivity index (χ2v) is 5.81. The van der Waals surface area contributed by atoms with Crippen LogP contribution in [0.15, 0.2) is 39.7 Å². The Morgan fingerprint density at radius 2 is 2.00 bits per heavy atom. The van der Waals surface area contributed by atoms with Crippen LogP contribution in [0.25, 0.3) is 0 Å². The Kier molecular flexibility index (Phi) is 5.51. The van der Waals surface area contributed by atoms with Crippen LogP contribution in [-0.2, 0) is 11.0 Å². The molecule has 134 valence electrons. The van der Waals surface area contributed by atoms with Gasteiger partial charge in [-0.25, -0.2) is 4.39 Å². The first-order valence-electron chi connectivity index (χ1n) is 6.80. The van der Waals surface area contributed by atoms with Crippen molar-refractivity contribution in [3.63, 3.8) is 0 Å². The molecule has 0 aliphatic rings. The lowest BCUT2D eigenvalue weighted by Crippen LogP contribution is -2.32. The van der Waals surface area contributed by atoms with Crippen LogP contribution < -0.4 is 15.6 Å². The average Bonchev–Trinajstić information content (AvgIpc) is 2.50. The fourth-order valence-corrected chi connectivity index (χ4v) is 2.23. The van der Waals surface area contributed by atoms with E-state index in [2.05, 4.69) is 21.2 Å². The van der Waals surface area contributed by atoms with E-state index in [9.17, 15) is 27.2 Å². The Hall–Kier alpha value is -2.36. The van der Waals surface area contributed by atoms with Gasteiger partial charge in [-0.1, -0.05) is 0 Å². The van der Waals surface area contributed by atoms with Crippen molar-refractivity contribution >= 4 is 27.5 Å². The Balaban J connectivity index is 2.15. The second kappa shape index (κ2) is 7.26. The van der Waals surface area contributed by atoms with Gasteiger partial charge in [0.15, 0.2) is 6.10 Å². The van der Waals surface area contributed by atoms with E-state index < -0.39 is 40.8 Å². The molecule has 0 aliphatic heterocycles. The van der Waals surface area contributed by atoms with E-state index in [1.807, 2.05) is 4.98 Å². The van der Waals surface area contributed by atoms with E-state index in [1.165, 1.54) is 13.0 Å². The highest BCUT2D eigenvalue weighted by atomic mass is 79.9. The number of ether oxygens (including phenoxy) is 1. The lowest BCUT2D eigenvalue weighted by atomic mass is 10.2. The number of benzene rings is 1. The molecule has 2 rings (SSSR count). The summed E-state index contributed by atoms with van der Waals surface area (Å²) in [5.74, 6) is -1.21. The first kappa shape index (κ1) is 19.0. The topological polar surface area (TPSA) is 71.2 Å². The molecule has 0 radical (unpaired) electrons. The normalized spacial score (nSPS) is 12.6. The van der Waals surface area contributed by atoms with Gasteiger partial charge in [-0.05, 0) is 47.1 Å². The number of aromatic amines is 1. The third kappa shape index (κ3) is 4.81. The molecule has 0 spiro atoms. The van der Waals surface area contributed by atoms with E-state index in [1.54, 1.807) is 0 Å². The fourth-order valence-electron chi connectivity index (χ4n) is 1.79. The predicted octanol–water partition coefficient (Wildman–Crippen LogP) is 3.70. The van der Waals surface area contributed by atoms with Crippen molar-refractivity contribution in [3.8, 4) is 5.75 Å². The molecule has 0 fully saturated rings. The Bertz CT molecular complexity index is 851. The van der Waals surface area contributed by atoms with E-state index in [4.69, 9.17) is 4.74 Å². The molecule has 1 unspecified atom stereocenters. The van der Waals surface area contributed by atoms with Crippen LogP contribution in [0.3, 0.4) is 0 Å². The number of carbonyl (C=O) groups is 1. The molecule has 1 aromatic carbocycles. The number of hydrogen-bond acceptors (Lipinski definition) is 3. The molecule has 5 nitrogen and oxygen atoms in total. The molecular formula is C15H11BrF4N2O3. The number of aromatic nitrogens is 1. The minimum Gasteiger partial charge on any atom is -0.480 e. The Labute approximate surface area is 147 Å². The van der Waals surface area contributed by atoms with Crippen molar-refractivity contribution < 1.29 is 27.1 Å². The van der Waals surface area contributed by atoms with E-state index >= 15 is 0 Å². The summed E-state index contributed by atoms with van der Waals surface area (Å²) < 4.78 is 56.6. The molecule has 2 aromatic rings. The number of halogens is 5. The highest BCUT2D eigenvalue weighted by Gasteiger charge is 2.31. The van der Waals surface area contributed by atoms with Crippen molar-refractivity contribution in [2.24, 2.45) is 0 Å². The van der Waals surface area contributed by atoms with Gasteiger partial charge in [0.05, 0.1) is 10.0 Å². The van der Waals surface area contributed by atoms with Crippen LogP contribution in [0.5, 0.6) is 5.75 Å².